The summed E-state index contributed by atoms with van der Waals surface area (Å²) >= 11 is 1.38. The number of aryl methyl sites for hydroxylation is 2. The minimum atomic E-state index is -0.293. The van der Waals surface area contributed by atoms with Crippen LogP contribution in [-0.2, 0) is 4.79 Å². The van der Waals surface area contributed by atoms with Crippen LogP contribution in [0.25, 0.3) is 0 Å². The standard InChI is InChI=1S/C26H24FN3O2S/c1-16-12-23-24(13-17(16)2)30-26(14-22(29-23)18-4-6-19(27)7-5-18)33-15-25(31)28-20-8-10-21(32-3)11-9-20/h4-13H,14-15H2,1-3H3,(H,28,31). The van der Waals surface area contributed by atoms with Gasteiger partial charge in [0.15, 0.2) is 0 Å². The first kappa shape index (κ1) is 22.7. The number of thioether (sulfide) groups is 1. The number of amides is 1. The summed E-state index contributed by atoms with van der Waals surface area (Å²) in [4.78, 5) is 22.2. The highest BCUT2D eigenvalue weighted by atomic mass is 32.2. The van der Waals surface area contributed by atoms with Crippen molar-refractivity contribution >= 4 is 45.5 Å². The number of nitrogens with one attached hydrogen (secondary N) is 1. The summed E-state index contributed by atoms with van der Waals surface area (Å²) in [5, 5.41) is 3.67. The van der Waals surface area contributed by atoms with Gasteiger partial charge in [0.05, 0.1) is 35.0 Å². The van der Waals surface area contributed by atoms with Crippen molar-refractivity contribution in [2.45, 2.75) is 20.3 Å². The average Bonchev–Trinajstić information content (AvgIpc) is 2.98. The molecule has 1 heterocycles. The summed E-state index contributed by atoms with van der Waals surface area (Å²) in [7, 11) is 1.60. The number of nitrogens with zero attached hydrogens (tertiary/aromatic N) is 2. The largest absolute Gasteiger partial charge is 0.497 e. The van der Waals surface area contributed by atoms with Crippen molar-refractivity contribution in [3.63, 3.8) is 0 Å². The molecule has 0 atom stereocenters. The van der Waals surface area contributed by atoms with Gasteiger partial charge in [-0.3, -0.25) is 9.79 Å². The number of ether oxygens (including phenoxy) is 1. The van der Waals surface area contributed by atoms with Crippen LogP contribution in [0.2, 0.25) is 0 Å². The fourth-order valence-corrected chi connectivity index (χ4v) is 4.15. The molecule has 0 bridgehead atoms. The van der Waals surface area contributed by atoms with Gasteiger partial charge in [0.25, 0.3) is 0 Å². The van der Waals surface area contributed by atoms with E-state index in [0.29, 0.717) is 12.1 Å². The van der Waals surface area contributed by atoms with E-state index in [1.165, 1.54) is 23.9 Å². The van der Waals surface area contributed by atoms with Crippen LogP contribution in [0.15, 0.2) is 70.6 Å². The Balaban J connectivity index is 1.55. The van der Waals surface area contributed by atoms with Crippen LogP contribution in [0, 0.1) is 19.7 Å². The molecule has 0 aliphatic carbocycles. The van der Waals surface area contributed by atoms with Crippen LogP contribution < -0.4 is 10.1 Å². The molecule has 5 nitrogen and oxygen atoms in total. The van der Waals surface area contributed by atoms with E-state index in [0.717, 1.165) is 44.6 Å². The Morgan fingerprint density at radius 2 is 1.64 bits per heavy atom. The van der Waals surface area contributed by atoms with Gasteiger partial charge in [0.1, 0.15) is 11.6 Å². The Morgan fingerprint density at radius 1 is 1.00 bits per heavy atom. The number of carbonyl (C=O) groups excluding carboxylic acids is 1. The van der Waals surface area contributed by atoms with Gasteiger partial charge in [-0.25, -0.2) is 9.38 Å². The van der Waals surface area contributed by atoms with E-state index in [1.54, 1.807) is 43.5 Å². The zero-order valence-corrected chi connectivity index (χ0v) is 19.5. The number of methoxy groups -OCH3 is 1. The van der Waals surface area contributed by atoms with Crippen molar-refractivity contribution < 1.29 is 13.9 Å². The molecule has 33 heavy (non-hydrogen) atoms. The van der Waals surface area contributed by atoms with Gasteiger partial charge in [-0.05, 0) is 79.1 Å². The minimum absolute atomic E-state index is 0.127. The normalized spacial score (nSPS) is 12.8. The van der Waals surface area contributed by atoms with Crippen LogP contribution in [0.3, 0.4) is 0 Å². The van der Waals surface area contributed by atoms with Crippen molar-refractivity contribution in [3.8, 4) is 5.75 Å². The SMILES string of the molecule is COc1ccc(NC(=O)CSC2=Nc3cc(C)c(C)cc3N=C(c3ccc(F)cc3)C2)cc1. The summed E-state index contributed by atoms with van der Waals surface area (Å²) in [5.41, 5.74) is 6.12. The van der Waals surface area contributed by atoms with Crippen LogP contribution in [0.1, 0.15) is 23.1 Å². The predicted octanol–water partition coefficient (Wildman–Crippen LogP) is 6.38. The molecule has 3 aromatic carbocycles. The second kappa shape index (κ2) is 10.0. The summed E-state index contributed by atoms with van der Waals surface area (Å²) in [6.45, 7) is 4.08. The highest BCUT2D eigenvalue weighted by Gasteiger charge is 2.18. The van der Waals surface area contributed by atoms with E-state index in [-0.39, 0.29) is 17.5 Å². The molecular weight excluding hydrogens is 437 g/mol. The van der Waals surface area contributed by atoms with Gasteiger partial charge in [0.2, 0.25) is 5.91 Å². The number of hydrogen-bond donors (Lipinski definition) is 1. The van der Waals surface area contributed by atoms with E-state index in [2.05, 4.69) is 5.32 Å². The molecule has 1 aliphatic rings. The molecule has 0 radical (unpaired) electrons. The fraction of sp³-hybridized carbons (Fsp3) is 0.192. The second-order valence-corrected chi connectivity index (χ2v) is 8.79. The maximum atomic E-state index is 13.5. The summed E-state index contributed by atoms with van der Waals surface area (Å²) < 4.78 is 18.6. The Labute approximate surface area is 196 Å². The topological polar surface area (TPSA) is 63.0 Å². The third kappa shape index (κ3) is 5.68. The number of benzene rings is 3. The molecule has 1 aliphatic heterocycles. The molecule has 0 saturated heterocycles. The Morgan fingerprint density at radius 3 is 2.27 bits per heavy atom. The Hall–Kier alpha value is -3.45. The number of halogens is 1. The molecule has 0 aromatic heterocycles. The van der Waals surface area contributed by atoms with E-state index >= 15 is 0 Å². The first-order valence-corrected chi connectivity index (χ1v) is 11.5. The summed E-state index contributed by atoms with van der Waals surface area (Å²) in [5.74, 6) is 0.518. The Kier molecular flexibility index (Phi) is 6.89. The zero-order valence-electron chi connectivity index (χ0n) is 18.7. The van der Waals surface area contributed by atoms with E-state index in [1.807, 2.05) is 26.0 Å². The third-order valence-corrected chi connectivity index (χ3v) is 6.31. The first-order chi connectivity index (χ1) is 15.9. The summed E-state index contributed by atoms with van der Waals surface area (Å²) in [6.07, 6.45) is 0.457. The van der Waals surface area contributed by atoms with Crippen LogP contribution in [-0.4, -0.2) is 29.5 Å². The molecule has 0 spiro atoms. The Bertz CT molecular complexity index is 1240. The van der Waals surface area contributed by atoms with E-state index in [9.17, 15) is 9.18 Å². The van der Waals surface area contributed by atoms with Gasteiger partial charge in [-0.2, -0.15) is 0 Å². The average molecular weight is 462 g/mol. The number of carbonyl (C=O) groups is 1. The number of hydrogen-bond acceptors (Lipinski definition) is 5. The monoisotopic (exact) mass is 461 g/mol. The number of fused-ring (bicyclic) bond motifs is 1. The molecule has 168 valence electrons. The summed E-state index contributed by atoms with van der Waals surface area (Å²) in [6, 6.07) is 17.5. The lowest BCUT2D eigenvalue weighted by Crippen LogP contribution is -2.16. The third-order valence-electron chi connectivity index (χ3n) is 5.33. The van der Waals surface area contributed by atoms with E-state index < -0.39 is 0 Å². The quantitative estimate of drug-likeness (QED) is 0.480. The zero-order chi connectivity index (χ0) is 23.4. The maximum Gasteiger partial charge on any atom is 0.234 e. The van der Waals surface area contributed by atoms with Crippen molar-refractivity contribution in [1.82, 2.24) is 0 Å². The maximum absolute atomic E-state index is 13.5. The number of anilines is 1. The van der Waals surface area contributed by atoms with Gasteiger partial charge >= 0.3 is 0 Å². The van der Waals surface area contributed by atoms with Gasteiger partial charge in [-0.1, -0.05) is 12.1 Å². The highest BCUT2D eigenvalue weighted by Crippen LogP contribution is 2.36. The molecule has 0 saturated carbocycles. The second-order valence-electron chi connectivity index (χ2n) is 7.74. The molecule has 0 unspecified atom stereocenters. The molecular formula is C26H24FN3O2S. The molecule has 1 amide bonds. The van der Waals surface area contributed by atoms with Crippen molar-refractivity contribution in [3.05, 3.63) is 83.2 Å². The van der Waals surface area contributed by atoms with Crippen molar-refractivity contribution in [2.75, 3.05) is 18.2 Å². The van der Waals surface area contributed by atoms with Crippen molar-refractivity contribution in [2.24, 2.45) is 9.98 Å². The first-order valence-electron chi connectivity index (χ1n) is 10.5. The lowest BCUT2D eigenvalue weighted by Gasteiger charge is -2.09. The number of aliphatic imine (C=N–C) groups is 2. The number of rotatable bonds is 5. The van der Waals surface area contributed by atoms with E-state index in [4.69, 9.17) is 14.7 Å². The van der Waals surface area contributed by atoms with Crippen molar-refractivity contribution in [1.29, 1.82) is 0 Å². The van der Waals surface area contributed by atoms with Gasteiger partial charge in [-0.15, -0.1) is 11.8 Å². The van der Waals surface area contributed by atoms with Crippen LogP contribution in [0.4, 0.5) is 21.5 Å². The smallest absolute Gasteiger partial charge is 0.234 e. The van der Waals surface area contributed by atoms with Crippen LogP contribution in [0.5, 0.6) is 5.75 Å². The predicted molar refractivity (Wildman–Crippen MR) is 134 cm³/mol. The minimum Gasteiger partial charge on any atom is -0.497 e. The lowest BCUT2D eigenvalue weighted by atomic mass is 10.1. The molecule has 1 N–H and O–H groups in total. The molecule has 3 aromatic rings. The fourth-order valence-electron chi connectivity index (χ4n) is 3.38. The highest BCUT2D eigenvalue weighted by molar-refractivity contribution is 8.14. The molecule has 7 heteroatoms. The molecule has 4 rings (SSSR count). The van der Waals surface area contributed by atoms with Gasteiger partial charge in [0, 0.05) is 12.1 Å². The van der Waals surface area contributed by atoms with Crippen LogP contribution >= 0.6 is 11.8 Å². The van der Waals surface area contributed by atoms with Gasteiger partial charge < -0.3 is 10.1 Å². The molecule has 0 fully saturated rings. The lowest BCUT2D eigenvalue weighted by molar-refractivity contribution is -0.113.